The molecular formula is C20H31F3N4O3. The van der Waals surface area contributed by atoms with Crippen molar-refractivity contribution in [2.45, 2.75) is 58.5 Å². The lowest BCUT2D eigenvalue weighted by Crippen LogP contribution is -2.54. The SMILES string of the molecule is CN=C(NCc1cccc(OCC(F)(F)F)c1)NCC(C)(C)NC(=O)OC(C)(C)C. The molecule has 0 heterocycles. The molecule has 0 fully saturated rings. The number of rotatable bonds is 7. The summed E-state index contributed by atoms with van der Waals surface area (Å²) in [7, 11) is 1.59. The minimum atomic E-state index is -4.39. The molecule has 1 aromatic rings. The van der Waals surface area contributed by atoms with Gasteiger partial charge in [0.15, 0.2) is 12.6 Å². The highest BCUT2D eigenvalue weighted by atomic mass is 19.4. The number of carbonyl (C=O) groups excluding carboxylic acids is 1. The first-order chi connectivity index (χ1) is 13.7. The normalized spacial score (nSPS) is 12.9. The van der Waals surface area contributed by atoms with Gasteiger partial charge in [0.05, 0.1) is 5.54 Å². The molecule has 3 N–H and O–H groups in total. The molecule has 170 valence electrons. The minimum absolute atomic E-state index is 0.136. The second-order valence-electron chi connectivity index (χ2n) is 8.34. The van der Waals surface area contributed by atoms with E-state index in [0.717, 1.165) is 5.56 Å². The van der Waals surface area contributed by atoms with Gasteiger partial charge >= 0.3 is 12.3 Å². The summed E-state index contributed by atoms with van der Waals surface area (Å²) >= 11 is 0. The van der Waals surface area contributed by atoms with Gasteiger partial charge in [0.1, 0.15) is 11.4 Å². The van der Waals surface area contributed by atoms with Crippen LogP contribution in [0.2, 0.25) is 0 Å². The summed E-state index contributed by atoms with van der Waals surface area (Å²) in [6.45, 7) is 8.36. The average molecular weight is 432 g/mol. The van der Waals surface area contributed by atoms with Crippen LogP contribution in [0.25, 0.3) is 0 Å². The molecule has 0 aliphatic carbocycles. The lowest BCUT2D eigenvalue weighted by atomic mass is 10.1. The molecular weight excluding hydrogens is 401 g/mol. The van der Waals surface area contributed by atoms with Crippen LogP contribution in [0.3, 0.4) is 0 Å². The lowest BCUT2D eigenvalue weighted by molar-refractivity contribution is -0.153. The molecule has 0 saturated heterocycles. The summed E-state index contributed by atoms with van der Waals surface area (Å²) in [6.07, 6.45) is -4.91. The van der Waals surface area contributed by atoms with Gasteiger partial charge in [0, 0.05) is 20.1 Å². The summed E-state index contributed by atoms with van der Waals surface area (Å²) in [5.41, 5.74) is -0.488. The lowest BCUT2D eigenvalue weighted by Gasteiger charge is -2.29. The smallest absolute Gasteiger partial charge is 0.422 e. The first kappa shape index (κ1) is 25.4. The van der Waals surface area contributed by atoms with Crippen molar-refractivity contribution in [3.8, 4) is 5.75 Å². The fourth-order valence-electron chi connectivity index (χ4n) is 2.25. The van der Waals surface area contributed by atoms with Crippen molar-refractivity contribution in [2.75, 3.05) is 20.2 Å². The molecule has 0 radical (unpaired) electrons. The highest BCUT2D eigenvalue weighted by Crippen LogP contribution is 2.19. The van der Waals surface area contributed by atoms with Crippen LogP contribution < -0.4 is 20.7 Å². The van der Waals surface area contributed by atoms with Gasteiger partial charge < -0.3 is 25.4 Å². The zero-order valence-corrected chi connectivity index (χ0v) is 18.2. The van der Waals surface area contributed by atoms with Gasteiger partial charge in [0.2, 0.25) is 0 Å². The van der Waals surface area contributed by atoms with Crippen LogP contribution in [0.15, 0.2) is 29.3 Å². The van der Waals surface area contributed by atoms with Crippen molar-refractivity contribution in [1.82, 2.24) is 16.0 Å². The van der Waals surface area contributed by atoms with E-state index in [0.29, 0.717) is 19.0 Å². The molecule has 0 spiro atoms. The standard InChI is InChI=1S/C20H31F3N4O3/c1-18(2,3)30-17(28)27-19(4,5)12-26-16(24-6)25-11-14-8-7-9-15(10-14)29-13-20(21,22)23/h7-10H,11-13H2,1-6H3,(H,27,28)(H2,24,25,26). The molecule has 10 heteroatoms. The average Bonchev–Trinajstić information content (AvgIpc) is 2.57. The largest absolute Gasteiger partial charge is 0.484 e. The number of nitrogens with zero attached hydrogens (tertiary/aromatic N) is 1. The number of amides is 1. The van der Waals surface area contributed by atoms with Crippen molar-refractivity contribution in [3.63, 3.8) is 0 Å². The van der Waals surface area contributed by atoms with Crippen LogP contribution in [-0.4, -0.2) is 49.6 Å². The number of benzene rings is 1. The zero-order chi connectivity index (χ0) is 23.0. The van der Waals surface area contributed by atoms with E-state index in [9.17, 15) is 18.0 Å². The first-order valence-electron chi connectivity index (χ1n) is 9.43. The molecule has 1 amide bonds. The minimum Gasteiger partial charge on any atom is -0.484 e. The van der Waals surface area contributed by atoms with Crippen molar-refractivity contribution in [1.29, 1.82) is 0 Å². The predicted octanol–water partition coefficient (Wildman–Crippen LogP) is 3.60. The van der Waals surface area contributed by atoms with E-state index in [-0.39, 0.29) is 5.75 Å². The van der Waals surface area contributed by atoms with Crippen LogP contribution in [0.4, 0.5) is 18.0 Å². The molecule has 0 bridgehead atoms. The first-order valence-corrected chi connectivity index (χ1v) is 9.43. The molecule has 1 aromatic carbocycles. The zero-order valence-electron chi connectivity index (χ0n) is 18.2. The Morgan fingerprint density at radius 3 is 2.33 bits per heavy atom. The van der Waals surface area contributed by atoms with Gasteiger partial charge in [-0.2, -0.15) is 13.2 Å². The number of nitrogens with one attached hydrogen (secondary N) is 3. The van der Waals surface area contributed by atoms with Crippen LogP contribution >= 0.6 is 0 Å². The Morgan fingerprint density at radius 2 is 1.77 bits per heavy atom. The Labute approximate surface area is 175 Å². The molecule has 7 nitrogen and oxygen atoms in total. The summed E-state index contributed by atoms with van der Waals surface area (Å²) in [5.74, 6) is 0.605. The molecule has 0 saturated carbocycles. The van der Waals surface area contributed by atoms with E-state index in [1.165, 1.54) is 12.1 Å². The number of ether oxygens (including phenoxy) is 2. The third-order valence-electron chi connectivity index (χ3n) is 3.52. The fraction of sp³-hybridized carbons (Fsp3) is 0.600. The van der Waals surface area contributed by atoms with Crippen molar-refractivity contribution < 1.29 is 27.4 Å². The number of hydrogen-bond donors (Lipinski definition) is 3. The number of halogens is 3. The summed E-state index contributed by atoms with van der Waals surface area (Å²) in [6, 6.07) is 6.37. The fourth-order valence-corrected chi connectivity index (χ4v) is 2.25. The molecule has 0 unspecified atom stereocenters. The number of carbonyl (C=O) groups is 1. The van der Waals surface area contributed by atoms with Gasteiger partial charge in [-0.1, -0.05) is 12.1 Å². The Kier molecular flexibility index (Phi) is 8.80. The summed E-state index contributed by atoms with van der Waals surface area (Å²) in [5, 5.41) is 8.95. The summed E-state index contributed by atoms with van der Waals surface area (Å²) in [4.78, 5) is 16.1. The Bertz CT molecular complexity index is 729. The van der Waals surface area contributed by atoms with Gasteiger partial charge in [-0.3, -0.25) is 4.99 Å². The predicted molar refractivity (Wildman–Crippen MR) is 110 cm³/mol. The topological polar surface area (TPSA) is 84.0 Å². The van der Waals surface area contributed by atoms with E-state index in [4.69, 9.17) is 9.47 Å². The summed E-state index contributed by atoms with van der Waals surface area (Å²) < 4.78 is 46.9. The number of guanidine groups is 1. The van der Waals surface area contributed by atoms with Gasteiger partial charge in [-0.05, 0) is 52.3 Å². The van der Waals surface area contributed by atoms with Gasteiger partial charge in [-0.15, -0.1) is 0 Å². The second kappa shape index (κ2) is 10.4. The molecule has 30 heavy (non-hydrogen) atoms. The van der Waals surface area contributed by atoms with Gasteiger partial charge in [-0.25, -0.2) is 4.79 Å². The Hall–Kier alpha value is -2.65. The van der Waals surface area contributed by atoms with E-state index in [2.05, 4.69) is 20.9 Å². The Balaban J connectivity index is 2.54. The maximum absolute atomic E-state index is 12.3. The van der Waals surface area contributed by atoms with E-state index in [1.54, 1.807) is 40.0 Å². The highest BCUT2D eigenvalue weighted by molar-refractivity contribution is 5.79. The van der Waals surface area contributed by atoms with Crippen molar-refractivity contribution in [2.24, 2.45) is 4.99 Å². The number of alkyl halides is 3. The Morgan fingerprint density at radius 1 is 1.10 bits per heavy atom. The monoisotopic (exact) mass is 432 g/mol. The van der Waals surface area contributed by atoms with Crippen LogP contribution in [0, 0.1) is 0 Å². The van der Waals surface area contributed by atoms with E-state index < -0.39 is 30.0 Å². The van der Waals surface area contributed by atoms with Gasteiger partial charge in [0.25, 0.3) is 0 Å². The highest BCUT2D eigenvalue weighted by Gasteiger charge is 2.28. The number of alkyl carbamates (subject to hydrolysis) is 1. The van der Waals surface area contributed by atoms with E-state index in [1.807, 2.05) is 13.8 Å². The van der Waals surface area contributed by atoms with Crippen molar-refractivity contribution >= 4 is 12.1 Å². The molecule has 0 aliphatic heterocycles. The third kappa shape index (κ3) is 11.4. The molecule has 0 atom stereocenters. The van der Waals surface area contributed by atoms with Crippen LogP contribution in [-0.2, 0) is 11.3 Å². The maximum Gasteiger partial charge on any atom is 0.422 e. The quantitative estimate of drug-likeness (QED) is 0.453. The number of hydrogen-bond acceptors (Lipinski definition) is 4. The number of aliphatic imine (C=N–C) groups is 1. The molecule has 1 rings (SSSR count). The third-order valence-corrected chi connectivity index (χ3v) is 3.52. The maximum atomic E-state index is 12.3. The van der Waals surface area contributed by atoms with E-state index >= 15 is 0 Å². The van der Waals surface area contributed by atoms with Crippen LogP contribution in [0.1, 0.15) is 40.2 Å². The second-order valence-corrected chi connectivity index (χ2v) is 8.34. The van der Waals surface area contributed by atoms with Crippen molar-refractivity contribution in [3.05, 3.63) is 29.8 Å². The molecule has 0 aromatic heterocycles. The van der Waals surface area contributed by atoms with Crippen LogP contribution in [0.5, 0.6) is 5.75 Å². The molecule has 0 aliphatic rings.